The first kappa shape index (κ1) is 15.2. The molecule has 2 aromatic rings. The summed E-state index contributed by atoms with van der Waals surface area (Å²) in [5.41, 5.74) is 5.40. The highest BCUT2D eigenvalue weighted by Crippen LogP contribution is 2.22. The minimum Gasteiger partial charge on any atom is -0.455 e. The minimum atomic E-state index is -0.624. The smallest absolute Gasteiger partial charge is 0.311 e. The molecule has 110 valence electrons. The van der Waals surface area contributed by atoms with Gasteiger partial charge < -0.3 is 15.8 Å². The Balaban J connectivity index is 1.81. The van der Waals surface area contributed by atoms with Crippen molar-refractivity contribution < 1.29 is 19.1 Å². The molecule has 21 heavy (non-hydrogen) atoms. The number of carbonyl (C=O) groups excluding carboxylic acids is 3. The second-order valence-electron chi connectivity index (χ2n) is 3.99. The molecular weight excluding hydrogens is 312 g/mol. The molecule has 0 radical (unpaired) electrons. The Kier molecular flexibility index (Phi) is 5.07. The Bertz CT molecular complexity index is 649. The van der Waals surface area contributed by atoms with Crippen molar-refractivity contribution in [1.29, 1.82) is 0 Å². The molecule has 0 atom stereocenters. The maximum Gasteiger partial charge on any atom is 0.311 e. The molecule has 2 aromatic heterocycles. The van der Waals surface area contributed by atoms with Crippen molar-refractivity contribution in [1.82, 2.24) is 0 Å². The van der Waals surface area contributed by atoms with Crippen LogP contribution in [0.1, 0.15) is 15.2 Å². The van der Waals surface area contributed by atoms with E-state index in [1.54, 1.807) is 5.38 Å². The number of amides is 2. The molecule has 0 saturated heterocycles. The van der Waals surface area contributed by atoms with Crippen LogP contribution >= 0.6 is 22.7 Å². The Hall–Kier alpha value is -2.19. The van der Waals surface area contributed by atoms with Gasteiger partial charge in [-0.2, -0.15) is 0 Å². The van der Waals surface area contributed by atoms with E-state index in [1.165, 1.54) is 28.7 Å². The van der Waals surface area contributed by atoms with Crippen LogP contribution in [-0.2, 0) is 20.7 Å². The number of hydrogen-bond acceptors (Lipinski definition) is 6. The number of ether oxygens (including phenoxy) is 1. The first-order valence-corrected chi connectivity index (χ1v) is 7.67. The van der Waals surface area contributed by atoms with Crippen LogP contribution in [0.25, 0.3) is 0 Å². The molecule has 0 aliphatic carbocycles. The number of nitrogens with two attached hydrogens (primary N) is 1. The monoisotopic (exact) mass is 324 g/mol. The average Bonchev–Trinajstić information content (AvgIpc) is 3.07. The summed E-state index contributed by atoms with van der Waals surface area (Å²) in [6, 6.07) is 5.17. The summed E-state index contributed by atoms with van der Waals surface area (Å²) < 4.78 is 4.87. The lowest BCUT2D eigenvalue weighted by Crippen LogP contribution is -2.22. The van der Waals surface area contributed by atoms with Gasteiger partial charge in [0.1, 0.15) is 5.00 Å². The van der Waals surface area contributed by atoms with E-state index in [9.17, 15) is 14.4 Å². The number of nitrogens with one attached hydrogen (secondary N) is 1. The zero-order valence-corrected chi connectivity index (χ0v) is 12.5. The molecule has 2 rings (SSSR count). The summed E-state index contributed by atoms with van der Waals surface area (Å²) >= 11 is 2.62. The maximum atomic E-state index is 11.7. The molecule has 0 fully saturated rings. The van der Waals surface area contributed by atoms with Crippen molar-refractivity contribution in [2.24, 2.45) is 5.73 Å². The van der Waals surface area contributed by atoms with Gasteiger partial charge in [-0.15, -0.1) is 22.7 Å². The molecule has 2 heterocycles. The van der Waals surface area contributed by atoms with Crippen molar-refractivity contribution in [2.45, 2.75) is 6.42 Å². The molecule has 8 heteroatoms. The molecule has 6 nitrogen and oxygen atoms in total. The largest absolute Gasteiger partial charge is 0.455 e. The van der Waals surface area contributed by atoms with Gasteiger partial charge in [0, 0.05) is 4.88 Å². The van der Waals surface area contributed by atoms with Crippen LogP contribution in [0.2, 0.25) is 0 Å². The Morgan fingerprint density at radius 1 is 1.19 bits per heavy atom. The fourth-order valence-corrected chi connectivity index (χ4v) is 3.01. The quantitative estimate of drug-likeness (QED) is 0.789. The van der Waals surface area contributed by atoms with E-state index in [2.05, 4.69) is 5.32 Å². The average molecular weight is 324 g/mol. The van der Waals surface area contributed by atoms with Crippen molar-refractivity contribution in [2.75, 3.05) is 11.9 Å². The summed E-state index contributed by atoms with van der Waals surface area (Å²) in [6.45, 7) is -0.402. The Morgan fingerprint density at radius 3 is 2.67 bits per heavy atom. The number of anilines is 1. The molecule has 0 unspecified atom stereocenters. The second-order valence-corrected chi connectivity index (χ2v) is 5.94. The van der Waals surface area contributed by atoms with Crippen LogP contribution in [0.5, 0.6) is 0 Å². The number of hydrogen-bond donors (Lipinski definition) is 2. The van der Waals surface area contributed by atoms with Gasteiger partial charge in [0.2, 0.25) is 0 Å². The van der Waals surface area contributed by atoms with Gasteiger partial charge in [-0.25, -0.2) is 0 Å². The molecule has 0 aliphatic heterocycles. The highest BCUT2D eigenvalue weighted by atomic mass is 32.1. The predicted octanol–water partition coefficient (Wildman–Crippen LogP) is 1.63. The maximum absolute atomic E-state index is 11.7. The van der Waals surface area contributed by atoms with Crippen molar-refractivity contribution >= 4 is 45.5 Å². The van der Waals surface area contributed by atoms with Crippen molar-refractivity contribution in [3.05, 3.63) is 39.4 Å². The van der Waals surface area contributed by atoms with Crippen LogP contribution in [0, 0.1) is 0 Å². The molecule has 2 amide bonds. The van der Waals surface area contributed by atoms with E-state index in [-0.39, 0.29) is 12.0 Å². The molecule has 0 aromatic carbocycles. The minimum absolute atomic E-state index is 0.135. The molecule has 0 spiro atoms. The topological polar surface area (TPSA) is 98.5 Å². The molecule has 0 saturated carbocycles. The van der Waals surface area contributed by atoms with Crippen molar-refractivity contribution in [3.8, 4) is 0 Å². The van der Waals surface area contributed by atoms with E-state index in [0.717, 1.165) is 4.88 Å². The number of esters is 1. The first-order valence-electron chi connectivity index (χ1n) is 5.91. The fourth-order valence-electron chi connectivity index (χ4n) is 1.52. The molecule has 0 aliphatic rings. The van der Waals surface area contributed by atoms with Crippen LogP contribution in [0.3, 0.4) is 0 Å². The van der Waals surface area contributed by atoms with Gasteiger partial charge >= 0.3 is 5.97 Å². The zero-order valence-electron chi connectivity index (χ0n) is 10.8. The summed E-state index contributed by atoms with van der Waals surface area (Å²) in [4.78, 5) is 35.2. The van der Waals surface area contributed by atoms with E-state index in [0.29, 0.717) is 5.00 Å². The van der Waals surface area contributed by atoms with Gasteiger partial charge in [-0.3, -0.25) is 14.4 Å². The van der Waals surface area contributed by atoms with Crippen LogP contribution in [0.15, 0.2) is 29.0 Å². The number of carbonyl (C=O) groups is 3. The van der Waals surface area contributed by atoms with Gasteiger partial charge in [-0.05, 0) is 22.9 Å². The highest BCUT2D eigenvalue weighted by Gasteiger charge is 2.14. The van der Waals surface area contributed by atoms with Gasteiger partial charge in [0.25, 0.3) is 11.8 Å². The van der Waals surface area contributed by atoms with Gasteiger partial charge in [-0.1, -0.05) is 6.07 Å². The van der Waals surface area contributed by atoms with Crippen LogP contribution < -0.4 is 11.1 Å². The van der Waals surface area contributed by atoms with Crippen molar-refractivity contribution in [3.63, 3.8) is 0 Å². The Labute approximate surface area is 128 Å². The third kappa shape index (κ3) is 4.40. The highest BCUT2D eigenvalue weighted by molar-refractivity contribution is 7.14. The predicted molar refractivity (Wildman–Crippen MR) is 80.4 cm³/mol. The molecule has 3 N–H and O–H groups in total. The molecular formula is C13H12N2O4S2. The van der Waals surface area contributed by atoms with Gasteiger partial charge in [0.05, 0.1) is 12.0 Å². The van der Waals surface area contributed by atoms with E-state index in [4.69, 9.17) is 10.5 Å². The summed E-state index contributed by atoms with van der Waals surface area (Å²) in [5, 5.41) is 6.34. The lowest BCUT2D eigenvalue weighted by atomic mass is 10.3. The Morgan fingerprint density at radius 2 is 2.00 bits per heavy atom. The third-order valence-corrected chi connectivity index (χ3v) is 4.15. The normalized spacial score (nSPS) is 10.1. The molecule has 0 bridgehead atoms. The number of primary amides is 1. The lowest BCUT2D eigenvalue weighted by molar-refractivity contribution is -0.146. The summed E-state index contributed by atoms with van der Waals surface area (Å²) in [7, 11) is 0. The van der Waals surface area contributed by atoms with E-state index in [1.807, 2.05) is 17.5 Å². The van der Waals surface area contributed by atoms with Crippen LogP contribution in [-0.4, -0.2) is 24.4 Å². The van der Waals surface area contributed by atoms with E-state index < -0.39 is 24.4 Å². The zero-order chi connectivity index (χ0) is 15.2. The summed E-state index contributed by atoms with van der Waals surface area (Å²) in [5.74, 6) is -1.62. The second kappa shape index (κ2) is 7.00. The fraction of sp³-hybridized carbons (Fsp3) is 0.154. The van der Waals surface area contributed by atoms with Crippen LogP contribution in [0.4, 0.5) is 5.00 Å². The SMILES string of the molecule is NC(=O)c1ccsc1NC(=O)COC(=O)Cc1cccs1. The van der Waals surface area contributed by atoms with Gasteiger partial charge in [0.15, 0.2) is 6.61 Å². The standard InChI is InChI=1S/C13H12N2O4S2/c14-12(18)9-3-5-21-13(9)15-10(16)7-19-11(17)6-8-2-1-4-20-8/h1-5H,6-7H2,(H2,14,18)(H,15,16). The first-order chi connectivity index (χ1) is 10.1. The number of rotatable bonds is 6. The third-order valence-electron chi connectivity index (χ3n) is 2.45. The summed E-state index contributed by atoms with van der Waals surface area (Å²) in [6.07, 6.45) is 0.135. The lowest BCUT2D eigenvalue weighted by Gasteiger charge is -2.05. The number of thiophene rings is 2. The van der Waals surface area contributed by atoms with E-state index >= 15 is 0 Å².